The fourth-order valence-corrected chi connectivity index (χ4v) is 3.99. The number of aromatic nitrogens is 2. The van der Waals surface area contributed by atoms with Gasteiger partial charge in [0.1, 0.15) is 0 Å². The first-order chi connectivity index (χ1) is 14.3. The van der Waals surface area contributed by atoms with Crippen molar-refractivity contribution in [1.29, 1.82) is 0 Å². The van der Waals surface area contributed by atoms with Crippen LogP contribution in [0, 0.1) is 0 Å². The molecule has 2 aromatic heterocycles. The van der Waals surface area contributed by atoms with Crippen LogP contribution in [0.5, 0.6) is 0 Å². The van der Waals surface area contributed by atoms with E-state index in [4.69, 9.17) is 4.98 Å². The summed E-state index contributed by atoms with van der Waals surface area (Å²) < 4.78 is 1.27. The van der Waals surface area contributed by atoms with E-state index >= 15 is 0 Å². The number of thiophene rings is 1. The molecule has 0 saturated heterocycles. The molecule has 6 heteroatoms. The van der Waals surface area contributed by atoms with Crippen LogP contribution in [0.15, 0.2) is 70.8 Å². The molecule has 4 aromatic rings. The molecule has 30 heavy (non-hydrogen) atoms. The van der Waals surface area contributed by atoms with Crippen molar-refractivity contribution in [3.63, 3.8) is 0 Å². The highest BCUT2D eigenvalue weighted by Gasteiger charge is 2.17. The van der Waals surface area contributed by atoms with Gasteiger partial charge in [-0.25, -0.2) is 4.98 Å². The first-order valence-electron chi connectivity index (χ1n) is 9.78. The van der Waals surface area contributed by atoms with Gasteiger partial charge in [-0.2, -0.15) is 4.68 Å². The Labute approximate surface area is 179 Å². The van der Waals surface area contributed by atoms with E-state index < -0.39 is 0 Å². The molecule has 5 nitrogen and oxygen atoms in total. The van der Waals surface area contributed by atoms with E-state index in [1.807, 2.05) is 53.9 Å². The van der Waals surface area contributed by atoms with Crippen LogP contribution in [0.3, 0.4) is 0 Å². The van der Waals surface area contributed by atoms with Crippen molar-refractivity contribution in [3.8, 4) is 11.4 Å². The van der Waals surface area contributed by atoms with E-state index in [0.29, 0.717) is 16.7 Å². The Morgan fingerprint density at radius 2 is 1.77 bits per heavy atom. The molecule has 2 aromatic carbocycles. The fraction of sp³-hybridized carbons (Fsp3) is 0.208. The molecule has 1 amide bonds. The average molecular weight is 418 g/mol. The van der Waals surface area contributed by atoms with Gasteiger partial charge in [-0.15, -0.1) is 11.3 Å². The summed E-state index contributed by atoms with van der Waals surface area (Å²) >= 11 is 1.51. The van der Waals surface area contributed by atoms with Gasteiger partial charge < -0.3 is 0 Å². The van der Waals surface area contributed by atoms with Crippen LogP contribution in [-0.2, 0) is 16.6 Å². The number of para-hydroxylation sites is 1. The topological polar surface area (TPSA) is 64.0 Å². The van der Waals surface area contributed by atoms with Crippen LogP contribution >= 0.6 is 11.3 Å². The molecule has 0 aliphatic carbocycles. The first-order valence-corrected chi connectivity index (χ1v) is 10.7. The predicted molar refractivity (Wildman–Crippen MR) is 123 cm³/mol. The predicted octanol–water partition coefficient (Wildman–Crippen LogP) is 4.74. The molecule has 0 unspecified atom stereocenters. The summed E-state index contributed by atoms with van der Waals surface area (Å²) in [6.45, 7) is 6.45. The molecule has 0 bridgehead atoms. The smallest absolute Gasteiger partial charge is 0.273 e. The van der Waals surface area contributed by atoms with Crippen molar-refractivity contribution < 1.29 is 4.79 Å². The summed E-state index contributed by atoms with van der Waals surface area (Å²) in [7, 11) is 0. The van der Waals surface area contributed by atoms with Crippen LogP contribution in [0.1, 0.15) is 31.2 Å². The van der Waals surface area contributed by atoms with Crippen LogP contribution in [0.25, 0.3) is 22.3 Å². The van der Waals surface area contributed by atoms with Crippen LogP contribution < -0.4 is 11.0 Å². The quantitative estimate of drug-likeness (QED) is 0.522. The minimum absolute atomic E-state index is 0.0178. The Bertz CT molecular complexity index is 1250. The second-order valence-corrected chi connectivity index (χ2v) is 9.24. The molecule has 1 N–H and O–H groups in total. The van der Waals surface area contributed by atoms with Gasteiger partial charge in [0.15, 0.2) is 5.82 Å². The van der Waals surface area contributed by atoms with Gasteiger partial charge in [-0.3, -0.25) is 15.0 Å². The second kappa shape index (κ2) is 7.88. The third-order valence-electron chi connectivity index (χ3n) is 4.94. The zero-order chi connectivity index (χ0) is 21.3. The molecule has 0 atom stereocenters. The number of hydrogen-bond donors (Lipinski definition) is 1. The minimum atomic E-state index is -0.296. The Morgan fingerprint density at radius 1 is 1.03 bits per heavy atom. The Hall–Kier alpha value is -3.25. The standard InChI is InChI=1S/C24H23N3O2S/c1-24(2,3)17-12-10-16(11-13-17)22-25-20-9-5-4-8-19(20)23(29)27(22)26-21(28)15-18-7-6-14-30-18/h4-14H,15H2,1-3H3,(H,26,28). The van der Waals surface area contributed by atoms with E-state index in [1.165, 1.54) is 21.6 Å². The SMILES string of the molecule is CC(C)(C)c1ccc(-c2nc3ccccc3c(=O)n2NC(=O)Cc2cccs2)cc1. The molecule has 152 valence electrons. The highest BCUT2D eigenvalue weighted by molar-refractivity contribution is 7.10. The van der Waals surface area contributed by atoms with Gasteiger partial charge in [0.05, 0.1) is 17.3 Å². The maximum atomic E-state index is 13.2. The van der Waals surface area contributed by atoms with E-state index in [1.54, 1.807) is 12.1 Å². The van der Waals surface area contributed by atoms with Gasteiger partial charge in [-0.1, -0.05) is 63.2 Å². The van der Waals surface area contributed by atoms with Crippen molar-refractivity contribution >= 4 is 28.1 Å². The van der Waals surface area contributed by atoms with Gasteiger partial charge in [0, 0.05) is 10.4 Å². The highest BCUT2D eigenvalue weighted by atomic mass is 32.1. The third kappa shape index (κ3) is 4.04. The molecular formula is C24H23N3O2S. The lowest BCUT2D eigenvalue weighted by Crippen LogP contribution is -2.35. The number of nitrogens with one attached hydrogen (secondary N) is 1. The summed E-state index contributed by atoms with van der Waals surface area (Å²) in [6, 6.07) is 18.9. The molecule has 0 aliphatic rings. The Balaban J connectivity index is 1.80. The van der Waals surface area contributed by atoms with Gasteiger partial charge >= 0.3 is 0 Å². The summed E-state index contributed by atoms with van der Waals surface area (Å²) in [6.07, 6.45) is 0.208. The second-order valence-electron chi connectivity index (χ2n) is 8.21. The molecule has 2 heterocycles. The number of amides is 1. The number of hydrogen-bond acceptors (Lipinski definition) is 4. The number of benzene rings is 2. The average Bonchev–Trinajstić information content (AvgIpc) is 3.22. The van der Waals surface area contributed by atoms with Crippen molar-refractivity contribution in [2.24, 2.45) is 0 Å². The van der Waals surface area contributed by atoms with Crippen molar-refractivity contribution in [1.82, 2.24) is 9.66 Å². The Morgan fingerprint density at radius 3 is 2.43 bits per heavy atom. The van der Waals surface area contributed by atoms with Crippen LogP contribution in [0.2, 0.25) is 0 Å². The highest BCUT2D eigenvalue weighted by Crippen LogP contribution is 2.25. The number of fused-ring (bicyclic) bond motifs is 1. The maximum absolute atomic E-state index is 13.2. The number of carbonyl (C=O) groups is 1. The van der Waals surface area contributed by atoms with E-state index in [9.17, 15) is 9.59 Å². The van der Waals surface area contributed by atoms with Crippen LogP contribution in [-0.4, -0.2) is 15.6 Å². The fourth-order valence-electron chi connectivity index (χ4n) is 3.29. The lowest BCUT2D eigenvalue weighted by atomic mass is 9.86. The zero-order valence-corrected chi connectivity index (χ0v) is 18.0. The van der Waals surface area contributed by atoms with Gasteiger partial charge in [0.25, 0.3) is 5.56 Å². The summed E-state index contributed by atoms with van der Waals surface area (Å²) in [5, 5.41) is 2.39. The number of carbonyl (C=O) groups excluding carboxylic acids is 1. The largest absolute Gasteiger partial charge is 0.280 e. The zero-order valence-electron chi connectivity index (χ0n) is 17.2. The molecule has 0 saturated carbocycles. The van der Waals surface area contributed by atoms with Crippen molar-refractivity contribution in [2.45, 2.75) is 32.6 Å². The molecule has 0 spiro atoms. The van der Waals surface area contributed by atoms with Gasteiger partial charge in [0.2, 0.25) is 5.91 Å². The summed E-state index contributed by atoms with van der Waals surface area (Å²) in [5.41, 5.74) is 5.03. The van der Waals surface area contributed by atoms with Gasteiger partial charge in [-0.05, 0) is 34.6 Å². The minimum Gasteiger partial charge on any atom is -0.273 e. The van der Waals surface area contributed by atoms with E-state index in [0.717, 1.165) is 10.4 Å². The number of rotatable bonds is 4. The molecule has 0 aliphatic heterocycles. The van der Waals surface area contributed by atoms with Crippen molar-refractivity contribution in [3.05, 3.63) is 86.8 Å². The van der Waals surface area contributed by atoms with Crippen LogP contribution in [0.4, 0.5) is 0 Å². The summed E-state index contributed by atoms with van der Waals surface area (Å²) in [4.78, 5) is 31.5. The lowest BCUT2D eigenvalue weighted by Gasteiger charge is -2.20. The summed E-state index contributed by atoms with van der Waals surface area (Å²) in [5.74, 6) is 0.155. The maximum Gasteiger partial charge on any atom is 0.280 e. The normalized spacial score (nSPS) is 11.6. The number of nitrogens with zero attached hydrogens (tertiary/aromatic N) is 2. The molecular weight excluding hydrogens is 394 g/mol. The first kappa shape index (κ1) is 20.0. The van der Waals surface area contributed by atoms with E-state index in [2.05, 4.69) is 26.2 Å². The molecule has 4 rings (SSSR count). The lowest BCUT2D eigenvalue weighted by molar-refractivity contribution is -0.116. The monoisotopic (exact) mass is 417 g/mol. The molecule has 0 radical (unpaired) electrons. The van der Waals surface area contributed by atoms with Crippen molar-refractivity contribution in [2.75, 3.05) is 5.43 Å². The Kier molecular flexibility index (Phi) is 5.26. The molecule has 0 fully saturated rings. The van der Waals surface area contributed by atoms with E-state index in [-0.39, 0.29) is 23.3 Å². The third-order valence-corrected chi connectivity index (χ3v) is 5.81.